The van der Waals surface area contributed by atoms with Gasteiger partial charge in [-0.05, 0) is 38.3 Å². The highest BCUT2D eigenvalue weighted by Crippen LogP contribution is 2.29. The molecule has 0 radical (unpaired) electrons. The van der Waals surface area contributed by atoms with Gasteiger partial charge in [0.15, 0.2) is 0 Å². The van der Waals surface area contributed by atoms with Gasteiger partial charge in [0, 0.05) is 26.8 Å². The molecular formula is C21H25N5O4. The van der Waals surface area contributed by atoms with E-state index in [1.165, 1.54) is 20.4 Å². The number of aromatic nitrogens is 2. The number of nitrogens with one attached hydrogen (secondary N) is 1. The van der Waals surface area contributed by atoms with Gasteiger partial charge in [0.1, 0.15) is 29.0 Å². The van der Waals surface area contributed by atoms with Gasteiger partial charge in [0.2, 0.25) is 6.29 Å². The molecule has 3 rings (SSSR count). The first-order valence-electron chi connectivity index (χ1n) is 9.67. The standard InChI is InChI=1S/C21H25N5O4/c1-13(2)30-17-10-18(23-12-15(17)11-22)25-21(27)26-9-5-6-14-7-8-16(24-19(14)26)20(28-3)29-4/h7-8,10,12-13,20H,5-6,9H2,1-4H3,(H,23,25,27). The summed E-state index contributed by atoms with van der Waals surface area (Å²) >= 11 is 0. The summed E-state index contributed by atoms with van der Waals surface area (Å²) in [7, 11) is 3.07. The third-order valence-electron chi connectivity index (χ3n) is 4.56. The number of aryl methyl sites for hydroxylation is 1. The summed E-state index contributed by atoms with van der Waals surface area (Å²) < 4.78 is 16.2. The van der Waals surface area contributed by atoms with E-state index in [0.717, 1.165) is 18.4 Å². The molecule has 2 aromatic rings. The zero-order chi connectivity index (χ0) is 21.7. The summed E-state index contributed by atoms with van der Waals surface area (Å²) in [6, 6.07) is 7.02. The molecule has 1 aliphatic heterocycles. The zero-order valence-corrected chi connectivity index (χ0v) is 17.5. The van der Waals surface area contributed by atoms with E-state index in [9.17, 15) is 10.1 Å². The fraction of sp³-hybridized carbons (Fsp3) is 0.429. The maximum atomic E-state index is 13.0. The Kier molecular flexibility index (Phi) is 6.82. The number of ether oxygens (including phenoxy) is 3. The molecule has 0 aliphatic carbocycles. The number of hydrogen-bond donors (Lipinski definition) is 1. The molecular weight excluding hydrogens is 386 g/mol. The minimum absolute atomic E-state index is 0.117. The lowest BCUT2D eigenvalue weighted by atomic mass is 10.1. The third kappa shape index (κ3) is 4.67. The summed E-state index contributed by atoms with van der Waals surface area (Å²) in [6.45, 7) is 4.24. The fourth-order valence-electron chi connectivity index (χ4n) is 3.24. The molecule has 0 fully saturated rings. The lowest BCUT2D eigenvalue weighted by Gasteiger charge is -2.29. The monoisotopic (exact) mass is 411 g/mol. The van der Waals surface area contributed by atoms with E-state index in [2.05, 4.69) is 15.3 Å². The van der Waals surface area contributed by atoms with Gasteiger partial charge < -0.3 is 14.2 Å². The van der Waals surface area contributed by atoms with Crippen LogP contribution in [-0.4, -0.2) is 42.9 Å². The topological polar surface area (TPSA) is 110 Å². The quantitative estimate of drug-likeness (QED) is 0.725. The maximum Gasteiger partial charge on any atom is 0.328 e. The third-order valence-corrected chi connectivity index (χ3v) is 4.56. The Bertz CT molecular complexity index is 953. The molecule has 0 aromatic carbocycles. The van der Waals surface area contributed by atoms with Crippen LogP contribution in [0.15, 0.2) is 24.4 Å². The van der Waals surface area contributed by atoms with Crippen molar-refractivity contribution in [3.63, 3.8) is 0 Å². The SMILES string of the molecule is COC(OC)c1ccc2c(n1)N(C(=O)Nc1cc(OC(C)C)c(C#N)cn1)CCC2. The lowest BCUT2D eigenvalue weighted by molar-refractivity contribution is -0.108. The Morgan fingerprint density at radius 2 is 2.07 bits per heavy atom. The second-order valence-corrected chi connectivity index (χ2v) is 7.05. The number of urea groups is 1. The van der Waals surface area contributed by atoms with Gasteiger partial charge >= 0.3 is 6.03 Å². The Morgan fingerprint density at radius 3 is 2.73 bits per heavy atom. The van der Waals surface area contributed by atoms with Gasteiger partial charge in [-0.25, -0.2) is 14.8 Å². The van der Waals surface area contributed by atoms with E-state index in [0.29, 0.717) is 35.2 Å². The van der Waals surface area contributed by atoms with Crippen LogP contribution in [0.1, 0.15) is 43.4 Å². The van der Waals surface area contributed by atoms with E-state index in [4.69, 9.17) is 14.2 Å². The number of hydrogen-bond acceptors (Lipinski definition) is 7. The maximum absolute atomic E-state index is 13.0. The summed E-state index contributed by atoms with van der Waals surface area (Å²) in [4.78, 5) is 23.4. The first-order valence-corrected chi connectivity index (χ1v) is 9.67. The molecule has 0 spiro atoms. The van der Waals surface area contributed by atoms with E-state index >= 15 is 0 Å². The van der Waals surface area contributed by atoms with Crippen molar-refractivity contribution in [3.8, 4) is 11.8 Å². The number of rotatable bonds is 6. The van der Waals surface area contributed by atoms with Crippen molar-refractivity contribution in [1.82, 2.24) is 9.97 Å². The number of carbonyl (C=O) groups excluding carboxylic acids is 1. The molecule has 9 heteroatoms. The van der Waals surface area contributed by atoms with Crippen LogP contribution < -0.4 is 15.0 Å². The number of nitriles is 1. The number of pyridine rings is 2. The van der Waals surface area contributed by atoms with Gasteiger partial charge in [0.05, 0.1) is 18.0 Å². The van der Waals surface area contributed by atoms with Crippen LogP contribution in [0.5, 0.6) is 5.75 Å². The van der Waals surface area contributed by atoms with E-state index in [1.54, 1.807) is 11.0 Å². The van der Waals surface area contributed by atoms with Crippen LogP contribution in [0.3, 0.4) is 0 Å². The highest BCUT2D eigenvalue weighted by molar-refractivity contribution is 6.01. The minimum atomic E-state index is -0.613. The van der Waals surface area contributed by atoms with Gasteiger partial charge in [-0.3, -0.25) is 10.2 Å². The van der Waals surface area contributed by atoms with Gasteiger partial charge in [-0.2, -0.15) is 5.26 Å². The summed E-state index contributed by atoms with van der Waals surface area (Å²) in [6.07, 6.45) is 2.31. The van der Waals surface area contributed by atoms with Crippen molar-refractivity contribution in [1.29, 1.82) is 5.26 Å². The van der Waals surface area contributed by atoms with Gasteiger partial charge in [-0.15, -0.1) is 0 Å². The average Bonchev–Trinajstić information content (AvgIpc) is 2.74. The van der Waals surface area contributed by atoms with Crippen LogP contribution in [0.25, 0.3) is 0 Å². The first kappa shape index (κ1) is 21.5. The van der Waals surface area contributed by atoms with E-state index < -0.39 is 6.29 Å². The molecule has 1 aliphatic rings. The number of amides is 2. The Hall–Kier alpha value is -3.22. The molecule has 158 valence electrons. The molecule has 0 saturated heterocycles. The number of fused-ring (bicyclic) bond motifs is 1. The van der Waals surface area contributed by atoms with E-state index in [1.807, 2.05) is 32.0 Å². The molecule has 3 heterocycles. The molecule has 2 aromatic heterocycles. The largest absolute Gasteiger partial charge is 0.489 e. The van der Waals surface area contributed by atoms with Crippen LogP contribution in [0, 0.1) is 11.3 Å². The fourth-order valence-corrected chi connectivity index (χ4v) is 3.24. The molecule has 0 unspecified atom stereocenters. The molecule has 2 amide bonds. The van der Waals surface area contributed by atoms with Crippen molar-refractivity contribution in [2.75, 3.05) is 31.0 Å². The predicted octanol–water partition coefficient (Wildman–Crippen LogP) is 3.41. The van der Waals surface area contributed by atoms with Crippen LogP contribution in [0.4, 0.5) is 16.4 Å². The van der Waals surface area contributed by atoms with Crippen LogP contribution >= 0.6 is 0 Å². The molecule has 1 N–H and O–H groups in total. The summed E-state index contributed by atoms with van der Waals surface area (Å²) in [5.74, 6) is 1.24. The molecule has 0 saturated carbocycles. The normalized spacial score (nSPS) is 13.2. The molecule has 0 bridgehead atoms. The van der Waals surface area contributed by atoms with Crippen molar-refractivity contribution in [2.45, 2.75) is 39.1 Å². The Morgan fingerprint density at radius 1 is 1.30 bits per heavy atom. The molecule has 30 heavy (non-hydrogen) atoms. The smallest absolute Gasteiger partial charge is 0.328 e. The molecule has 9 nitrogen and oxygen atoms in total. The van der Waals surface area contributed by atoms with Crippen molar-refractivity contribution in [2.24, 2.45) is 0 Å². The van der Waals surface area contributed by atoms with E-state index in [-0.39, 0.29) is 12.1 Å². The Balaban J connectivity index is 1.85. The van der Waals surface area contributed by atoms with Gasteiger partial charge in [-0.1, -0.05) is 6.07 Å². The number of methoxy groups -OCH3 is 2. The predicted molar refractivity (Wildman–Crippen MR) is 110 cm³/mol. The van der Waals surface area contributed by atoms with Crippen LogP contribution in [-0.2, 0) is 15.9 Å². The average molecular weight is 411 g/mol. The summed E-state index contributed by atoms with van der Waals surface area (Å²) in [5.41, 5.74) is 1.87. The van der Waals surface area contributed by atoms with Crippen LogP contribution in [0.2, 0.25) is 0 Å². The lowest BCUT2D eigenvalue weighted by Crippen LogP contribution is -2.39. The van der Waals surface area contributed by atoms with Crippen molar-refractivity contribution < 1.29 is 19.0 Å². The zero-order valence-electron chi connectivity index (χ0n) is 17.5. The number of carbonyl (C=O) groups is 1. The Labute approximate surface area is 175 Å². The summed E-state index contributed by atoms with van der Waals surface area (Å²) in [5, 5.41) is 12.0. The number of nitrogens with zero attached hydrogens (tertiary/aromatic N) is 4. The second kappa shape index (κ2) is 9.52. The highest BCUT2D eigenvalue weighted by atomic mass is 16.7. The minimum Gasteiger partial charge on any atom is -0.489 e. The molecule has 0 atom stereocenters. The van der Waals surface area contributed by atoms with Crippen molar-refractivity contribution in [3.05, 3.63) is 41.2 Å². The second-order valence-electron chi connectivity index (χ2n) is 7.05. The first-order chi connectivity index (χ1) is 14.5. The highest BCUT2D eigenvalue weighted by Gasteiger charge is 2.26. The van der Waals surface area contributed by atoms with Crippen molar-refractivity contribution >= 4 is 17.7 Å². The van der Waals surface area contributed by atoms with Gasteiger partial charge in [0.25, 0.3) is 0 Å². The number of anilines is 2.